The fourth-order valence-electron chi connectivity index (χ4n) is 4.50. The molecule has 1 heterocycles. The first-order valence-corrected chi connectivity index (χ1v) is 9.29. The van der Waals surface area contributed by atoms with Gasteiger partial charge in [0.1, 0.15) is 12.0 Å². The van der Waals surface area contributed by atoms with Gasteiger partial charge in [-0.05, 0) is 75.4 Å². The van der Waals surface area contributed by atoms with Crippen LogP contribution in [0.5, 0.6) is 5.75 Å². The van der Waals surface area contributed by atoms with Crippen molar-refractivity contribution in [3.05, 3.63) is 23.8 Å². The molecule has 1 aromatic rings. The quantitative estimate of drug-likeness (QED) is 0.838. The molecule has 4 heteroatoms. The van der Waals surface area contributed by atoms with E-state index in [0.717, 1.165) is 42.7 Å². The third kappa shape index (κ3) is 3.30. The van der Waals surface area contributed by atoms with Crippen LogP contribution in [0.15, 0.2) is 18.2 Å². The van der Waals surface area contributed by atoms with Crippen molar-refractivity contribution in [1.82, 2.24) is 4.90 Å². The van der Waals surface area contributed by atoms with E-state index in [2.05, 4.69) is 10.2 Å². The molecule has 1 aromatic carbocycles. The van der Waals surface area contributed by atoms with Crippen molar-refractivity contribution in [3.8, 4) is 5.75 Å². The molecule has 0 radical (unpaired) electrons. The van der Waals surface area contributed by atoms with Crippen molar-refractivity contribution in [2.45, 2.75) is 56.4 Å². The first-order valence-electron chi connectivity index (χ1n) is 9.29. The number of nitrogens with zero attached hydrogens (tertiary/aromatic N) is 1. The van der Waals surface area contributed by atoms with Gasteiger partial charge in [-0.3, -0.25) is 0 Å². The number of piperidine rings is 1. The zero-order chi connectivity index (χ0) is 17.0. The minimum Gasteiger partial charge on any atom is -0.497 e. The first kappa shape index (κ1) is 17.3. The van der Waals surface area contributed by atoms with E-state index in [1.807, 2.05) is 25.2 Å². The summed E-state index contributed by atoms with van der Waals surface area (Å²) in [5.41, 5.74) is 1.76. The second kappa shape index (κ2) is 7.56. The molecule has 1 aliphatic carbocycles. The van der Waals surface area contributed by atoms with Gasteiger partial charge in [0, 0.05) is 18.8 Å². The minimum atomic E-state index is -0.376. The highest BCUT2D eigenvalue weighted by atomic mass is 16.5. The molecule has 0 unspecified atom stereocenters. The van der Waals surface area contributed by atoms with Crippen LogP contribution in [0.4, 0.5) is 5.69 Å². The van der Waals surface area contributed by atoms with E-state index in [0.29, 0.717) is 6.04 Å². The molecule has 1 saturated heterocycles. The highest BCUT2D eigenvalue weighted by molar-refractivity contribution is 5.75. The zero-order valence-electron chi connectivity index (χ0n) is 15.0. The number of carbonyl (C=O) groups excluding carboxylic acids is 1. The van der Waals surface area contributed by atoms with Crippen LogP contribution < -0.4 is 10.1 Å². The average molecular weight is 330 g/mol. The summed E-state index contributed by atoms with van der Waals surface area (Å²) in [5.74, 6) is 0.823. The molecule has 4 nitrogen and oxygen atoms in total. The second-order valence-electron chi connectivity index (χ2n) is 7.26. The molecule has 1 aliphatic heterocycles. The van der Waals surface area contributed by atoms with Crippen molar-refractivity contribution in [2.24, 2.45) is 0 Å². The Kier molecular flexibility index (Phi) is 5.44. The van der Waals surface area contributed by atoms with Crippen LogP contribution in [0.2, 0.25) is 0 Å². The molecule has 132 valence electrons. The Balaban J connectivity index is 1.80. The number of nitrogens with one attached hydrogen (secondary N) is 1. The summed E-state index contributed by atoms with van der Waals surface area (Å²) in [7, 11) is 3.60. The van der Waals surface area contributed by atoms with Gasteiger partial charge in [0.15, 0.2) is 0 Å². The Morgan fingerprint density at radius 1 is 1.21 bits per heavy atom. The maximum Gasteiger partial charge on any atom is 0.130 e. The Morgan fingerprint density at radius 3 is 2.50 bits per heavy atom. The highest BCUT2D eigenvalue weighted by Gasteiger charge is 2.40. The summed E-state index contributed by atoms with van der Waals surface area (Å²) in [5, 5.41) is 3.25. The predicted molar refractivity (Wildman–Crippen MR) is 98.0 cm³/mol. The van der Waals surface area contributed by atoms with Gasteiger partial charge >= 0.3 is 0 Å². The number of likely N-dealkylation sites (tertiary alicyclic amines) is 1. The predicted octanol–water partition coefficient (Wildman–Crippen LogP) is 3.60. The van der Waals surface area contributed by atoms with Gasteiger partial charge in [-0.1, -0.05) is 6.42 Å². The number of anilines is 1. The Hall–Kier alpha value is -1.55. The Labute approximate surface area is 145 Å². The molecule has 1 N–H and O–H groups in total. The van der Waals surface area contributed by atoms with Crippen molar-refractivity contribution in [1.29, 1.82) is 0 Å². The highest BCUT2D eigenvalue weighted by Crippen LogP contribution is 2.43. The lowest BCUT2D eigenvalue weighted by atomic mass is 9.68. The van der Waals surface area contributed by atoms with Crippen LogP contribution in [0.25, 0.3) is 0 Å². The minimum absolute atomic E-state index is 0.376. The summed E-state index contributed by atoms with van der Waals surface area (Å²) < 4.78 is 5.40. The van der Waals surface area contributed by atoms with E-state index in [-0.39, 0.29) is 5.41 Å². The summed E-state index contributed by atoms with van der Waals surface area (Å²) in [6, 6.07) is 6.67. The van der Waals surface area contributed by atoms with Gasteiger partial charge in [-0.15, -0.1) is 0 Å². The van der Waals surface area contributed by atoms with E-state index in [1.54, 1.807) is 7.11 Å². The maximum atomic E-state index is 12.2. The van der Waals surface area contributed by atoms with E-state index in [9.17, 15) is 4.79 Å². The summed E-state index contributed by atoms with van der Waals surface area (Å²) in [6.07, 6.45) is 9.30. The lowest BCUT2D eigenvalue weighted by molar-refractivity contribution is -0.114. The van der Waals surface area contributed by atoms with E-state index >= 15 is 0 Å². The third-order valence-electron chi connectivity index (χ3n) is 6.01. The van der Waals surface area contributed by atoms with Gasteiger partial charge in [0.25, 0.3) is 0 Å². The molecule has 0 spiro atoms. The van der Waals surface area contributed by atoms with Crippen LogP contribution in [0.3, 0.4) is 0 Å². The topological polar surface area (TPSA) is 41.6 Å². The average Bonchev–Trinajstić information content (AvgIpc) is 2.68. The number of benzene rings is 1. The number of methoxy groups -OCH3 is 1. The summed E-state index contributed by atoms with van der Waals surface area (Å²) in [4.78, 5) is 14.8. The second-order valence-corrected chi connectivity index (χ2v) is 7.26. The number of aldehydes is 1. The Morgan fingerprint density at radius 2 is 1.92 bits per heavy atom. The van der Waals surface area contributed by atoms with E-state index < -0.39 is 0 Å². The lowest BCUT2D eigenvalue weighted by Gasteiger charge is -2.43. The number of hydrogen-bond donors (Lipinski definition) is 1. The van der Waals surface area contributed by atoms with Crippen molar-refractivity contribution in [3.63, 3.8) is 0 Å². The lowest BCUT2D eigenvalue weighted by Crippen LogP contribution is -2.45. The van der Waals surface area contributed by atoms with Crippen molar-refractivity contribution >= 4 is 12.0 Å². The molecular formula is C20H30N2O2. The molecule has 2 aliphatic rings. The standard InChI is InChI=1S/C20H30N2O2/c1-21-19-7-6-17(24-2)14-18(19)20(15-23)10-8-16(9-11-20)22-12-4-3-5-13-22/h6-7,14-16,21H,3-5,8-13H2,1-2H3. The van der Waals surface area contributed by atoms with Crippen LogP contribution in [-0.2, 0) is 10.2 Å². The largest absolute Gasteiger partial charge is 0.497 e. The van der Waals surface area contributed by atoms with Gasteiger partial charge in [0.2, 0.25) is 0 Å². The van der Waals surface area contributed by atoms with Gasteiger partial charge in [-0.25, -0.2) is 0 Å². The van der Waals surface area contributed by atoms with Crippen LogP contribution in [0.1, 0.15) is 50.5 Å². The SMILES string of the molecule is CNc1ccc(OC)cc1C1(C=O)CCC(N2CCCCC2)CC1. The molecule has 0 aromatic heterocycles. The van der Waals surface area contributed by atoms with Crippen LogP contribution in [-0.4, -0.2) is 44.5 Å². The smallest absolute Gasteiger partial charge is 0.130 e. The van der Waals surface area contributed by atoms with Gasteiger partial charge < -0.3 is 19.7 Å². The van der Waals surface area contributed by atoms with Gasteiger partial charge in [0.05, 0.1) is 12.5 Å². The number of carbonyl (C=O) groups is 1. The van der Waals surface area contributed by atoms with Crippen molar-refractivity contribution in [2.75, 3.05) is 32.6 Å². The normalized spacial score (nSPS) is 28.3. The number of ether oxygens (including phenoxy) is 1. The van der Waals surface area contributed by atoms with Crippen LogP contribution in [0, 0.1) is 0 Å². The summed E-state index contributed by atoms with van der Waals surface area (Å²) in [6.45, 7) is 2.47. The molecule has 2 fully saturated rings. The molecule has 24 heavy (non-hydrogen) atoms. The monoisotopic (exact) mass is 330 g/mol. The molecule has 1 saturated carbocycles. The number of rotatable bonds is 5. The first-order chi connectivity index (χ1) is 11.7. The molecular weight excluding hydrogens is 300 g/mol. The third-order valence-corrected chi connectivity index (χ3v) is 6.01. The summed E-state index contributed by atoms with van der Waals surface area (Å²) >= 11 is 0. The Bertz CT molecular complexity index is 559. The van der Waals surface area contributed by atoms with Crippen LogP contribution >= 0.6 is 0 Å². The zero-order valence-corrected chi connectivity index (χ0v) is 15.0. The molecule has 0 bridgehead atoms. The molecule has 3 rings (SSSR count). The molecule has 0 atom stereocenters. The maximum absolute atomic E-state index is 12.2. The number of hydrogen-bond acceptors (Lipinski definition) is 4. The van der Waals surface area contributed by atoms with Gasteiger partial charge in [-0.2, -0.15) is 0 Å². The fourth-order valence-corrected chi connectivity index (χ4v) is 4.50. The molecule has 0 amide bonds. The fraction of sp³-hybridized carbons (Fsp3) is 0.650. The van der Waals surface area contributed by atoms with E-state index in [1.165, 1.54) is 38.6 Å². The van der Waals surface area contributed by atoms with E-state index in [4.69, 9.17) is 4.74 Å². The van der Waals surface area contributed by atoms with Crippen molar-refractivity contribution < 1.29 is 9.53 Å².